The third-order valence-corrected chi connectivity index (χ3v) is 2.28. The van der Waals surface area contributed by atoms with E-state index < -0.39 is 0 Å². The molecule has 0 fully saturated rings. The van der Waals surface area contributed by atoms with Crippen LogP contribution in [0.2, 0.25) is 0 Å². The van der Waals surface area contributed by atoms with Crippen molar-refractivity contribution in [2.75, 3.05) is 18.9 Å². The fourth-order valence-electron chi connectivity index (χ4n) is 1.53. The van der Waals surface area contributed by atoms with Crippen LogP contribution in [0.15, 0.2) is 24.3 Å². The van der Waals surface area contributed by atoms with Gasteiger partial charge in [-0.05, 0) is 38.1 Å². The second-order valence-electron chi connectivity index (χ2n) is 3.52. The lowest BCUT2D eigenvalue weighted by Crippen LogP contribution is -2.02. The lowest BCUT2D eigenvalue weighted by Gasteiger charge is -2.05. The molecule has 0 spiro atoms. The zero-order valence-corrected chi connectivity index (χ0v) is 10.5. The molecule has 0 saturated carbocycles. The summed E-state index contributed by atoms with van der Waals surface area (Å²) in [7, 11) is 0. The summed E-state index contributed by atoms with van der Waals surface area (Å²) >= 11 is 0. The molecule has 2 aromatic rings. The summed E-state index contributed by atoms with van der Waals surface area (Å²) in [4.78, 5) is 4.01. The molecule has 2 rings (SSSR count). The Hall–Kier alpha value is -2.24. The average Bonchev–Trinajstić information content (AvgIpc) is 2.72. The summed E-state index contributed by atoms with van der Waals surface area (Å²) in [5, 5.41) is 4.16. The highest BCUT2D eigenvalue weighted by Gasteiger charge is 2.09. The van der Waals surface area contributed by atoms with E-state index in [1.54, 1.807) is 0 Å². The van der Waals surface area contributed by atoms with Gasteiger partial charge >= 0.3 is 6.01 Å². The van der Waals surface area contributed by atoms with Crippen molar-refractivity contribution in [3.63, 3.8) is 0 Å². The number of hydrogen-bond acceptors (Lipinski definition) is 5. The van der Waals surface area contributed by atoms with Gasteiger partial charge in [0.25, 0.3) is 0 Å². The van der Waals surface area contributed by atoms with Crippen LogP contribution in [0.4, 0.5) is 5.95 Å². The number of anilines is 1. The Morgan fingerprint density at radius 1 is 1.11 bits per heavy atom. The highest BCUT2D eigenvalue weighted by molar-refractivity contribution is 5.41. The summed E-state index contributed by atoms with van der Waals surface area (Å²) in [6, 6.07) is 7.74. The molecule has 0 unspecified atom stereocenters. The predicted molar refractivity (Wildman–Crippen MR) is 68.1 cm³/mol. The molecule has 6 nitrogen and oxygen atoms in total. The third-order valence-electron chi connectivity index (χ3n) is 2.28. The molecule has 0 radical (unpaired) electrons. The first-order valence-electron chi connectivity index (χ1n) is 5.83. The monoisotopic (exact) mass is 248 g/mol. The molecule has 2 N–H and O–H groups in total. The number of hydrogen-bond donors (Lipinski definition) is 1. The zero-order chi connectivity index (χ0) is 13.0. The molecule has 0 aliphatic rings. The summed E-state index contributed by atoms with van der Waals surface area (Å²) in [6.07, 6.45) is 0. The molecule has 18 heavy (non-hydrogen) atoms. The van der Waals surface area contributed by atoms with Gasteiger partial charge in [-0.15, -0.1) is 5.10 Å². The minimum Gasteiger partial charge on any atom is -0.494 e. The average molecular weight is 248 g/mol. The standard InChI is InChI=1S/C12H16N4O2/c1-3-17-10-7-5-9(6-8-10)16-11(13)14-12(15-16)18-4-2/h5-8H,3-4H2,1-2H3,(H2,13,14,15). The third kappa shape index (κ3) is 2.53. The second kappa shape index (κ2) is 5.39. The van der Waals surface area contributed by atoms with Gasteiger partial charge in [0.15, 0.2) is 0 Å². The molecule has 0 aliphatic carbocycles. The zero-order valence-electron chi connectivity index (χ0n) is 10.5. The van der Waals surface area contributed by atoms with Crippen molar-refractivity contribution in [3.8, 4) is 17.4 Å². The van der Waals surface area contributed by atoms with Crippen LogP contribution in [0.3, 0.4) is 0 Å². The van der Waals surface area contributed by atoms with Crippen molar-refractivity contribution < 1.29 is 9.47 Å². The van der Waals surface area contributed by atoms with Crippen LogP contribution >= 0.6 is 0 Å². The maximum absolute atomic E-state index is 5.78. The quantitative estimate of drug-likeness (QED) is 0.870. The molecule has 0 saturated heterocycles. The van der Waals surface area contributed by atoms with Gasteiger partial charge in [0.1, 0.15) is 5.75 Å². The topological polar surface area (TPSA) is 75.2 Å². The van der Waals surface area contributed by atoms with Crippen molar-refractivity contribution in [2.24, 2.45) is 0 Å². The number of rotatable bonds is 5. The molecule has 0 aliphatic heterocycles. The van der Waals surface area contributed by atoms with Crippen LogP contribution in [0, 0.1) is 0 Å². The van der Waals surface area contributed by atoms with Crippen molar-refractivity contribution in [2.45, 2.75) is 13.8 Å². The highest BCUT2D eigenvalue weighted by Crippen LogP contribution is 2.18. The summed E-state index contributed by atoms with van der Waals surface area (Å²) in [5.41, 5.74) is 6.59. The fraction of sp³-hybridized carbons (Fsp3) is 0.333. The fourth-order valence-corrected chi connectivity index (χ4v) is 1.53. The molecule has 0 amide bonds. The molecule has 1 aromatic carbocycles. The SMILES string of the molecule is CCOc1ccc(-n2nc(OCC)nc2N)cc1. The van der Waals surface area contributed by atoms with Gasteiger partial charge < -0.3 is 15.2 Å². The highest BCUT2D eigenvalue weighted by atomic mass is 16.5. The van der Waals surface area contributed by atoms with Gasteiger partial charge in [0, 0.05) is 0 Å². The van der Waals surface area contributed by atoms with E-state index >= 15 is 0 Å². The normalized spacial score (nSPS) is 10.3. The van der Waals surface area contributed by atoms with E-state index in [2.05, 4.69) is 10.1 Å². The van der Waals surface area contributed by atoms with Gasteiger partial charge in [-0.25, -0.2) is 0 Å². The molecule has 0 bridgehead atoms. The Labute approximate surface area is 105 Å². The number of aromatic nitrogens is 3. The second-order valence-corrected chi connectivity index (χ2v) is 3.52. The van der Waals surface area contributed by atoms with E-state index in [1.165, 1.54) is 4.68 Å². The largest absolute Gasteiger partial charge is 0.494 e. The van der Waals surface area contributed by atoms with Crippen molar-refractivity contribution >= 4 is 5.95 Å². The van der Waals surface area contributed by atoms with Gasteiger partial charge in [0.05, 0.1) is 18.9 Å². The minimum atomic E-state index is 0.281. The van der Waals surface area contributed by atoms with Gasteiger partial charge in [0.2, 0.25) is 5.95 Å². The van der Waals surface area contributed by atoms with Gasteiger partial charge in [-0.1, -0.05) is 0 Å². The van der Waals surface area contributed by atoms with Crippen molar-refractivity contribution in [1.82, 2.24) is 14.8 Å². The smallest absolute Gasteiger partial charge is 0.337 e. The number of nitrogen functional groups attached to an aromatic ring is 1. The summed E-state index contributed by atoms with van der Waals surface area (Å²) < 4.78 is 12.1. The van der Waals surface area contributed by atoms with Crippen molar-refractivity contribution in [3.05, 3.63) is 24.3 Å². The molecular weight excluding hydrogens is 232 g/mol. The van der Waals surface area contributed by atoms with Crippen LogP contribution in [0.5, 0.6) is 11.8 Å². The van der Waals surface area contributed by atoms with Gasteiger partial charge in [-0.3, -0.25) is 0 Å². The Kier molecular flexibility index (Phi) is 3.66. The first kappa shape index (κ1) is 12.2. The van der Waals surface area contributed by atoms with E-state index in [0.29, 0.717) is 19.2 Å². The lowest BCUT2D eigenvalue weighted by molar-refractivity contribution is 0.312. The predicted octanol–water partition coefficient (Wildman–Crippen LogP) is 1.65. The minimum absolute atomic E-state index is 0.281. The van der Waals surface area contributed by atoms with E-state index in [-0.39, 0.29) is 6.01 Å². The van der Waals surface area contributed by atoms with E-state index in [4.69, 9.17) is 15.2 Å². The van der Waals surface area contributed by atoms with E-state index in [0.717, 1.165) is 11.4 Å². The van der Waals surface area contributed by atoms with E-state index in [9.17, 15) is 0 Å². The molecule has 96 valence electrons. The molecular formula is C12H16N4O2. The number of ether oxygens (including phenoxy) is 2. The number of benzene rings is 1. The summed E-state index contributed by atoms with van der Waals surface area (Å²) in [5.74, 6) is 1.10. The molecule has 1 aromatic heterocycles. The van der Waals surface area contributed by atoms with Crippen LogP contribution < -0.4 is 15.2 Å². The number of nitrogens with zero attached hydrogens (tertiary/aromatic N) is 3. The number of nitrogens with two attached hydrogens (primary N) is 1. The Morgan fingerprint density at radius 2 is 1.78 bits per heavy atom. The molecule has 0 atom stereocenters. The van der Waals surface area contributed by atoms with Crippen LogP contribution in [0.25, 0.3) is 5.69 Å². The van der Waals surface area contributed by atoms with Gasteiger partial charge in [-0.2, -0.15) is 9.67 Å². The Balaban J connectivity index is 2.24. The maximum atomic E-state index is 5.78. The first-order chi connectivity index (χ1) is 8.74. The van der Waals surface area contributed by atoms with Crippen LogP contribution in [0.1, 0.15) is 13.8 Å². The Morgan fingerprint density at radius 3 is 2.39 bits per heavy atom. The van der Waals surface area contributed by atoms with E-state index in [1.807, 2.05) is 38.1 Å². The van der Waals surface area contributed by atoms with Crippen molar-refractivity contribution in [1.29, 1.82) is 0 Å². The summed E-state index contributed by atoms with van der Waals surface area (Å²) in [6.45, 7) is 4.96. The molecule has 6 heteroatoms. The maximum Gasteiger partial charge on any atom is 0.337 e. The Bertz CT molecular complexity index is 507. The lowest BCUT2D eigenvalue weighted by atomic mass is 10.3. The van der Waals surface area contributed by atoms with Crippen LogP contribution in [-0.4, -0.2) is 28.0 Å². The molecule has 1 heterocycles. The first-order valence-corrected chi connectivity index (χ1v) is 5.83. The van der Waals surface area contributed by atoms with Crippen LogP contribution in [-0.2, 0) is 0 Å².